The topological polar surface area (TPSA) is 77.3 Å². The first-order chi connectivity index (χ1) is 27.1. The Kier molecular flexibility index (Phi) is 10.8. The second kappa shape index (κ2) is 15.9. The summed E-state index contributed by atoms with van der Waals surface area (Å²) in [5.41, 5.74) is 10.7. The van der Waals surface area contributed by atoms with Crippen LogP contribution in [0.25, 0.3) is 73.8 Å². The maximum atomic E-state index is 5.05. The number of pyridine rings is 2. The van der Waals surface area contributed by atoms with Crippen LogP contribution < -0.4 is 0 Å². The van der Waals surface area contributed by atoms with Gasteiger partial charge in [0.25, 0.3) is 0 Å². The van der Waals surface area contributed by atoms with Gasteiger partial charge in [-0.2, -0.15) is 17.5 Å². The molecule has 0 saturated carbocycles. The lowest BCUT2D eigenvalue weighted by Gasteiger charge is -2.37. The largest absolute Gasteiger partial charge is 0.252 e. The molecular formula is C43H44N6S6. The molecule has 0 bridgehead atoms. The molecule has 55 heavy (non-hydrogen) atoms. The standard InChI is InChI=1S/C43H44N6S6/c1-5-9-13-25(7-3)21-43(22-26(8-4)14-10-6-2)29-19-33(27-23-44-37(31-15-11-17-50-31)39-35(27)46-54-48-39)52-41(29)42-30(43)20-34(53-42)28-24-45-38(32-16-12-18-51-32)40-36(28)47-55-49-40/h11-12,15-20,23-26H,5-10,13-14,21-22H2,1-4H3. The van der Waals surface area contributed by atoms with Crippen LogP contribution in [0.1, 0.15) is 103 Å². The van der Waals surface area contributed by atoms with Crippen molar-refractivity contribution >= 4 is 90.9 Å². The zero-order valence-corrected chi connectivity index (χ0v) is 36.5. The number of nitrogens with zero attached hydrogens (tertiary/aromatic N) is 6. The van der Waals surface area contributed by atoms with E-state index >= 15 is 0 Å². The van der Waals surface area contributed by atoms with Crippen LogP contribution >= 0.6 is 68.8 Å². The van der Waals surface area contributed by atoms with Crippen LogP contribution in [-0.4, -0.2) is 27.5 Å². The van der Waals surface area contributed by atoms with Crippen molar-refractivity contribution in [1.29, 1.82) is 0 Å². The van der Waals surface area contributed by atoms with Gasteiger partial charge in [-0.1, -0.05) is 91.2 Å². The van der Waals surface area contributed by atoms with Crippen LogP contribution in [-0.2, 0) is 5.41 Å². The predicted octanol–water partition coefficient (Wildman–Crippen LogP) is 14.9. The van der Waals surface area contributed by atoms with E-state index in [4.69, 9.17) is 27.5 Å². The minimum atomic E-state index is -0.0788. The highest BCUT2D eigenvalue weighted by molar-refractivity contribution is 7.26. The molecule has 0 fully saturated rings. The van der Waals surface area contributed by atoms with Gasteiger partial charge in [-0.15, -0.1) is 45.3 Å². The minimum absolute atomic E-state index is 0.0788. The second-order valence-corrected chi connectivity index (χ2v) is 20.0. The van der Waals surface area contributed by atoms with Crippen LogP contribution in [0.4, 0.5) is 0 Å². The van der Waals surface area contributed by atoms with Crippen molar-refractivity contribution in [3.63, 3.8) is 0 Å². The molecule has 1 aliphatic carbocycles. The van der Waals surface area contributed by atoms with E-state index < -0.39 is 0 Å². The third kappa shape index (κ3) is 6.64. The molecule has 2 unspecified atom stereocenters. The highest BCUT2D eigenvalue weighted by atomic mass is 32.1. The fourth-order valence-corrected chi connectivity index (χ4v) is 14.0. The minimum Gasteiger partial charge on any atom is -0.252 e. The number of fused-ring (bicyclic) bond motifs is 5. The summed E-state index contributed by atoms with van der Waals surface area (Å²) in [4.78, 5) is 17.7. The van der Waals surface area contributed by atoms with E-state index in [1.165, 1.54) is 118 Å². The van der Waals surface area contributed by atoms with Crippen LogP contribution in [0, 0.1) is 11.8 Å². The normalized spacial score (nSPS) is 14.5. The van der Waals surface area contributed by atoms with E-state index in [1.807, 2.05) is 22.7 Å². The van der Waals surface area contributed by atoms with Gasteiger partial charge in [-0.3, -0.25) is 9.97 Å². The summed E-state index contributed by atoms with van der Waals surface area (Å²) in [6.45, 7) is 9.49. The van der Waals surface area contributed by atoms with Crippen molar-refractivity contribution in [2.45, 2.75) is 97.3 Å². The van der Waals surface area contributed by atoms with Gasteiger partial charge >= 0.3 is 0 Å². The van der Waals surface area contributed by atoms with E-state index in [9.17, 15) is 0 Å². The molecule has 9 rings (SSSR count). The van der Waals surface area contributed by atoms with Gasteiger partial charge in [0.05, 0.1) is 33.2 Å². The molecule has 0 aromatic carbocycles. The first kappa shape index (κ1) is 37.3. The first-order valence-electron chi connectivity index (χ1n) is 19.7. The Morgan fingerprint density at radius 3 is 1.44 bits per heavy atom. The maximum Gasteiger partial charge on any atom is 0.132 e. The van der Waals surface area contributed by atoms with Crippen LogP contribution in [0.15, 0.2) is 59.6 Å². The van der Waals surface area contributed by atoms with Gasteiger partial charge in [0.15, 0.2) is 0 Å². The van der Waals surface area contributed by atoms with Gasteiger partial charge < -0.3 is 0 Å². The number of hydrogen-bond donors (Lipinski definition) is 0. The average molecular weight is 837 g/mol. The van der Waals surface area contributed by atoms with Crippen molar-refractivity contribution < 1.29 is 0 Å². The summed E-state index contributed by atoms with van der Waals surface area (Å²) < 4.78 is 19.4. The summed E-state index contributed by atoms with van der Waals surface area (Å²) in [7, 11) is 0. The molecule has 0 N–H and O–H groups in total. The summed E-state index contributed by atoms with van der Waals surface area (Å²) >= 11 is 9.84. The Bertz CT molecular complexity index is 2360. The summed E-state index contributed by atoms with van der Waals surface area (Å²) in [5.74, 6) is 1.30. The van der Waals surface area contributed by atoms with E-state index in [0.29, 0.717) is 11.8 Å². The zero-order chi connectivity index (χ0) is 37.5. The van der Waals surface area contributed by atoms with Gasteiger partial charge in [-0.05, 0) is 70.8 Å². The smallest absolute Gasteiger partial charge is 0.132 e. The fourth-order valence-electron chi connectivity index (χ4n) is 8.73. The van der Waals surface area contributed by atoms with Gasteiger partial charge in [0.1, 0.15) is 33.5 Å². The lowest BCUT2D eigenvalue weighted by Crippen LogP contribution is -2.31. The van der Waals surface area contributed by atoms with E-state index in [2.05, 4.69) is 87.2 Å². The van der Waals surface area contributed by atoms with Gasteiger partial charge in [0.2, 0.25) is 0 Å². The van der Waals surface area contributed by atoms with Crippen molar-refractivity contribution in [3.8, 4) is 51.8 Å². The number of unbranched alkanes of at least 4 members (excludes halogenated alkanes) is 2. The number of aromatic nitrogens is 6. The summed E-state index contributed by atoms with van der Waals surface area (Å²) in [6.07, 6.45) is 16.4. The molecule has 0 amide bonds. The maximum absolute atomic E-state index is 5.05. The molecule has 1 aliphatic rings. The quantitative estimate of drug-likeness (QED) is 0.0965. The van der Waals surface area contributed by atoms with E-state index in [-0.39, 0.29) is 5.41 Å². The molecule has 12 heteroatoms. The average Bonchev–Trinajstić information content (AvgIpc) is 4.06. The molecule has 0 spiro atoms. The van der Waals surface area contributed by atoms with Gasteiger partial charge in [-0.25, -0.2) is 0 Å². The molecule has 2 atom stereocenters. The Balaban J connectivity index is 1.24. The molecule has 0 saturated heterocycles. The lowest BCUT2D eigenvalue weighted by atomic mass is 9.65. The molecule has 0 aliphatic heterocycles. The third-order valence-electron chi connectivity index (χ3n) is 11.7. The first-order valence-corrected chi connectivity index (χ1v) is 24.5. The predicted molar refractivity (Wildman–Crippen MR) is 239 cm³/mol. The van der Waals surface area contributed by atoms with Crippen molar-refractivity contribution in [1.82, 2.24) is 27.5 Å². The molecule has 6 nitrogen and oxygen atoms in total. The van der Waals surface area contributed by atoms with E-state index in [0.717, 1.165) is 54.3 Å². The van der Waals surface area contributed by atoms with Crippen LogP contribution in [0.3, 0.4) is 0 Å². The number of rotatable bonds is 16. The Morgan fingerprint density at radius 1 is 0.582 bits per heavy atom. The van der Waals surface area contributed by atoms with Crippen molar-refractivity contribution in [2.24, 2.45) is 11.8 Å². The summed E-state index contributed by atoms with van der Waals surface area (Å²) in [6, 6.07) is 13.5. The Morgan fingerprint density at radius 2 is 1.04 bits per heavy atom. The Hall–Kier alpha value is -3.26. The van der Waals surface area contributed by atoms with Crippen LogP contribution in [0.5, 0.6) is 0 Å². The molecule has 8 heterocycles. The Labute approximate surface area is 347 Å². The molecule has 8 aromatic rings. The number of hydrogen-bond acceptors (Lipinski definition) is 12. The highest BCUT2D eigenvalue weighted by Crippen LogP contribution is 2.63. The molecule has 8 aromatic heterocycles. The zero-order valence-electron chi connectivity index (χ0n) is 31.6. The van der Waals surface area contributed by atoms with Crippen LogP contribution in [0.2, 0.25) is 0 Å². The van der Waals surface area contributed by atoms with Crippen molar-refractivity contribution in [2.75, 3.05) is 0 Å². The lowest BCUT2D eigenvalue weighted by molar-refractivity contribution is 0.266. The van der Waals surface area contributed by atoms with Gasteiger partial charge in [0, 0.05) is 48.4 Å². The number of thiophene rings is 4. The molecule has 0 radical (unpaired) electrons. The highest BCUT2D eigenvalue weighted by Gasteiger charge is 2.48. The summed E-state index contributed by atoms with van der Waals surface area (Å²) in [5, 5.41) is 4.20. The van der Waals surface area contributed by atoms with E-state index in [1.54, 1.807) is 22.7 Å². The molecule has 282 valence electrons. The molecular weight excluding hydrogens is 793 g/mol. The fraction of sp³-hybridized carbons (Fsp3) is 0.395. The monoisotopic (exact) mass is 836 g/mol. The second-order valence-electron chi connectivity index (χ2n) is 14.9. The SMILES string of the molecule is CCCCC(CC)CC1(CC(CC)CCCC)c2cc(-c3cnc(-c4cccs4)c4nsnc34)sc2-c2sc(-c3cnc(-c4cccs4)c4nsnc34)cc21. The third-order valence-corrected chi connectivity index (χ3v) is 17.0. The van der Waals surface area contributed by atoms with Crippen molar-refractivity contribution in [3.05, 3.63) is 70.7 Å².